The standard InChI is InChI=1S/C9H20N4O4.ClH/c10-6(2-1-4-13-9(11)12)8(16)17-5-3-7(14)15;/h6-7,14-15H,1-5,10H2,(H4,11,12,13);1H/t6-;/m0./s1. The highest BCUT2D eigenvalue weighted by Gasteiger charge is 2.14. The van der Waals surface area contributed by atoms with Gasteiger partial charge in [0.15, 0.2) is 12.2 Å². The highest BCUT2D eigenvalue weighted by atomic mass is 35.5. The van der Waals surface area contributed by atoms with Crippen molar-refractivity contribution in [1.82, 2.24) is 0 Å². The van der Waals surface area contributed by atoms with Gasteiger partial charge in [0.25, 0.3) is 0 Å². The Morgan fingerprint density at radius 3 is 2.39 bits per heavy atom. The molecule has 108 valence electrons. The number of guanidine groups is 1. The number of esters is 1. The lowest BCUT2D eigenvalue weighted by atomic mass is 10.2. The summed E-state index contributed by atoms with van der Waals surface area (Å²) in [7, 11) is 0. The summed E-state index contributed by atoms with van der Waals surface area (Å²) < 4.78 is 4.72. The second-order valence-electron chi connectivity index (χ2n) is 3.49. The summed E-state index contributed by atoms with van der Waals surface area (Å²) in [4.78, 5) is 15.0. The number of hydrogen-bond acceptors (Lipinski definition) is 6. The molecule has 0 unspecified atom stereocenters. The Bertz CT molecular complexity index is 259. The van der Waals surface area contributed by atoms with E-state index in [1.807, 2.05) is 0 Å². The van der Waals surface area contributed by atoms with Crippen molar-refractivity contribution in [2.45, 2.75) is 31.6 Å². The number of aliphatic imine (C=N–C) groups is 1. The van der Waals surface area contributed by atoms with Gasteiger partial charge in [-0.05, 0) is 12.8 Å². The molecule has 0 rings (SSSR count). The van der Waals surface area contributed by atoms with Crippen LogP contribution in [-0.2, 0) is 9.53 Å². The summed E-state index contributed by atoms with van der Waals surface area (Å²) in [5, 5.41) is 17.0. The molecular formula is C9H21ClN4O4. The van der Waals surface area contributed by atoms with Gasteiger partial charge in [0.05, 0.1) is 6.61 Å². The molecule has 0 aromatic heterocycles. The molecule has 0 aliphatic rings. The quantitative estimate of drug-likeness (QED) is 0.114. The van der Waals surface area contributed by atoms with Gasteiger partial charge in [-0.2, -0.15) is 0 Å². The van der Waals surface area contributed by atoms with E-state index in [2.05, 4.69) is 4.99 Å². The number of nitrogens with two attached hydrogens (primary N) is 3. The van der Waals surface area contributed by atoms with E-state index in [1.165, 1.54) is 0 Å². The molecule has 8 N–H and O–H groups in total. The first-order chi connectivity index (χ1) is 7.93. The van der Waals surface area contributed by atoms with Crippen LogP contribution in [0.4, 0.5) is 0 Å². The molecule has 0 spiro atoms. The second kappa shape index (κ2) is 11.0. The second-order valence-corrected chi connectivity index (χ2v) is 3.49. The molecule has 0 aromatic carbocycles. The van der Waals surface area contributed by atoms with Crippen LogP contribution < -0.4 is 17.2 Å². The van der Waals surface area contributed by atoms with E-state index in [-0.39, 0.29) is 31.4 Å². The predicted octanol–water partition coefficient (Wildman–Crippen LogP) is -1.97. The lowest BCUT2D eigenvalue weighted by Gasteiger charge is -2.11. The van der Waals surface area contributed by atoms with Crippen molar-refractivity contribution in [3.63, 3.8) is 0 Å². The van der Waals surface area contributed by atoms with E-state index >= 15 is 0 Å². The fourth-order valence-electron chi connectivity index (χ4n) is 1.01. The summed E-state index contributed by atoms with van der Waals surface area (Å²) in [6, 6.07) is -0.750. The maximum Gasteiger partial charge on any atom is 0.322 e. The summed E-state index contributed by atoms with van der Waals surface area (Å²) in [5.41, 5.74) is 15.8. The van der Waals surface area contributed by atoms with Gasteiger partial charge in [-0.3, -0.25) is 9.79 Å². The largest absolute Gasteiger partial charge is 0.464 e. The summed E-state index contributed by atoms with van der Waals surface area (Å²) in [5.74, 6) is -0.576. The molecule has 0 aliphatic heterocycles. The zero-order valence-electron chi connectivity index (χ0n) is 9.99. The van der Waals surface area contributed by atoms with Gasteiger partial charge in [0.2, 0.25) is 0 Å². The van der Waals surface area contributed by atoms with Crippen molar-refractivity contribution >= 4 is 24.3 Å². The Balaban J connectivity index is 0. The molecule has 0 amide bonds. The smallest absolute Gasteiger partial charge is 0.322 e. The Kier molecular flexibility index (Phi) is 11.8. The molecule has 0 heterocycles. The molecule has 0 fully saturated rings. The molecule has 9 heteroatoms. The van der Waals surface area contributed by atoms with Crippen LogP contribution in [0, 0.1) is 0 Å². The third-order valence-corrected chi connectivity index (χ3v) is 1.89. The van der Waals surface area contributed by atoms with Crippen LogP contribution in [0.3, 0.4) is 0 Å². The lowest BCUT2D eigenvalue weighted by molar-refractivity contribution is -0.147. The maximum absolute atomic E-state index is 11.3. The number of halogens is 1. The first kappa shape index (κ1) is 19.3. The minimum atomic E-state index is -1.49. The van der Waals surface area contributed by atoms with Crippen LogP contribution in [-0.4, -0.2) is 47.6 Å². The van der Waals surface area contributed by atoms with Crippen molar-refractivity contribution < 1.29 is 19.7 Å². The monoisotopic (exact) mass is 284 g/mol. The molecular weight excluding hydrogens is 264 g/mol. The minimum absolute atomic E-state index is 0. The number of nitrogens with zero attached hydrogens (tertiary/aromatic N) is 1. The predicted molar refractivity (Wildman–Crippen MR) is 68.9 cm³/mol. The van der Waals surface area contributed by atoms with Gasteiger partial charge in [-0.15, -0.1) is 12.4 Å². The molecule has 0 aliphatic carbocycles. The van der Waals surface area contributed by atoms with E-state index in [9.17, 15) is 4.79 Å². The Morgan fingerprint density at radius 1 is 1.28 bits per heavy atom. The van der Waals surface area contributed by atoms with Gasteiger partial charge >= 0.3 is 5.97 Å². The molecule has 0 bridgehead atoms. The van der Waals surface area contributed by atoms with Crippen molar-refractivity contribution in [2.75, 3.05) is 13.2 Å². The van der Waals surface area contributed by atoms with E-state index in [1.54, 1.807) is 0 Å². The van der Waals surface area contributed by atoms with Gasteiger partial charge in [-0.25, -0.2) is 0 Å². The number of hydrogen-bond donors (Lipinski definition) is 5. The number of rotatable bonds is 8. The topological polar surface area (TPSA) is 157 Å². The van der Waals surface area contributed by atoms with Gasteiger partial charge in [-0.1, -0.05) is 0 Å². The summed E-state index contributed by atoms with van der Waals surface area (Å²) >= 11 is 0. The van der Waals surface area contributed by atoms with Crippen molar-refractivity contribution in [2.24, 2.45) is 22.2 Å². The van der Waals surface area contributed by atoms with Gasteiger partial charge < -0.3 is 32.2 Å². The molecule has 18 heavy (non-hydrogen) atoms. The summed E-state index contributed by atoms with van der Waals surface area (Å²) in [6.07, 6.45) is -0.554. The fraction of sp³-hybridized carbons (Fsp3) is 0.778. The Morgan fingerprint density at radius 2 is 1.89 bits per heavy atom. The van der Waals surface area contributed by atoms with Crippen LogP contribution in [0.25, 0.3) is 0 Å². The third kappa shape index (κ3) is 11.4. The Hall–Kier alpha value is -1.09. The average Bonchev–Trinajstić information content (AvgIpc) is 2.23. The highest BCUT2D eigenvalue weighted by Crippen LogP contribution is 1.99. The van der Waals surface area contributed by atoms with Crippen LogP contribution in [0.2, 0.25) is 0 Å². The molecule has 8 nitrogen and oxygen atoms in total. The van der Waals surface area contributed by atoms with Gasteiger partial charge in [0.1, 0.15) is 6.04 Å². The zero-order chi connectivity index (χ0) is 13.3. The first-order valence-electron chi connectivity index (χ1n) is 5.27. The number of aliphatic hydroxyl groups excluding tert-OH is 1. The van der Waals surface area contributed by atoms with E-state index < -0.39 is 18.3 Å². The van der Waals surface area contributed by atoms with Crippen LogP contribution in [0.1, 0.15) is 19.3 Å². The Labute approximate surface area is 112 Å². The highest BCUT2D eigenvalue weighted by molar-refractivity contribution is 5.85. The fourth-order valence-corrected chi connectivity index (χ4v) is 1.01. The molecule has 0 radical (unpaired) electrons. The van der Waals surface area contributed by atoms with Crippen molar-refractivity contribution in [3.8, 4) is 0 Å². The van der Waals surface area contributed by atoms with Gasteiger partial charge in [0, 0.05) is 13.0 Å². The molecule has 0 saturated carbocycles. The molecule has 0 saturated heterocycles. The van der Waals surface area contributed by atoms with E-state index in [0.717, 1.165) is 0 Å². The number of carbonyl (C=O) groups is 1. The van der Waals surface area contributed by atoms with Crippen LogP contribution in [0.15, 0.2) is 4.99 Å². The normalized spacial score (nSPS) is 11.6. The van der Waals surface area contributed by atoms with E-state index in [0.29, 0.717) is 19.4 Å². The van der Waals surface area contributed by atoms with E-state index in [4.69, 9.17) is 32.2 Å². The molecule has 1 atom stereocenters. The third-order valence-electron chi connectivity index (χ3n) is 1.89. The minimum Gasteiger partial charge on any atom is -0.464 e. The first-order valence-corrected chi connectivity index (χ1v) is 5.27. The maximum atomic E-state index is 11.3. The number of ether oxygens (including phenoxy) is 1. The van der Waals surface area contributed by atoms with Crippen molar-refractivity contribution in [3.05, 3.63) is 0 Å². The lowest BCUT2D eigenvalue weighted by Crippen LogP contribution is -2.33. The SMILES string of the molecule is Cl.NC(N)=NCCC[C@H](N)C(=O)OCCC(O)O. The molecule has 0 aromatic rings. The zero-order valence-corrected chi connectivity index (χ0v) is 10.8. The van der Waals surface area contributed by atoms with Crippen molar-refractivity contribution in [1.29, 1.82) is 0 Å². The number of carbonyl (C=O) groups excluding carboxylic acids is 1. The van der Waals surface area contributed by atoms with Crippen LogP contribution >= 0.6 is 12.4 Å². The van der Waals surface area contributed by atoms with Crippen LogP contribution in [0.5, 0.6) is 0 Å². The average molecular weight is 285 g/mol. The number of aliphatic hydroxyl groups is 2. The summed E-state index contributed by atoms with van der Waals surface area (Å²) in [6.45, 7) is 0.330.